The van der Waals surface area contributed by atoms with Crippen LogP contribution in [-0.4, -0.2) is 24.1 Å². The molecule has 176 valence electrons. The summed E-state index contributed by atoms with van der Waals surface area (Å²) in [5.41, 5.74) is 4.87. The number of fused-ring (bicyclic) bond motifs is 1. The third-order valence-corrected chi connectivity index (χ3v) is 5.30. The van der Waals surface area contributed by atoms with Crippen molar-refractivity contribution in [2.45, 2.75) is 13.8 Å². The molecule has 0 aliphatic carbocycles. The molecule has 0 atom stereocenters. The van der Waals surface area contributed by atoms with E-state index in [0.717, 1.165) is 22.5 Å². The van der Waals surface area contributed by atoms with Crippen LogP contribution in [0.15, 0.2) is 61.1 Å². The van der Waals surface area contributed by atoms with E-state index < -0.39 is 0 Å². The van der Waals surface area contributed by atoms with E-state index in [1.165, 1.54) is 18.2 Å². The number of hydrogen-bond acceptors (Lipinski definition) is 4. The van der Waals surface area contributed by atoms with Crippen molar-refractivity contribution in [1.29, 1.82) is 0 Å². The molecule has 3 aromatic heterocycles. The van der Waals surface area contributed by atoms with Crippen molar-refractivity contribution < 1.29 is 8.78 Å². The van der Waals surface area contributed by atoms with Crippen molar-refractivity contribution in [3.8, 4) is 17.1 Å². The van der Waals surface area contributed by atoms with Gasteiger partial charge in [0, 0.05) is 30.2 Å². The fraction of sp³-hybridized carbons (Fsp3) is 0.125. The number of pyridine rings is 1. The highest BCUT2D eigenvalue weighted by molar-refractivity contribution is 5.91. The Bertz CT molecular complexity index is 1460. The van der Waals surface area contributed by atoms with Gasteiger partial charge in [-0.15, -0.1) is 24.8 Å². The van der Waals surface area contributed by atoms with Crippen LogP contribution in [0.2, 0.25) is 0 Å². The number of anilines is 2. The average molecular weight is 503 g/mol. The molecule has 0 unspecified atom stereocenters. The van der Waals surface area contributed by atoms with E-state index in [-0.39, 0.29) is 36.4 Å². The number of nitrogens with one attached hydrogen (secondary N) is 1. The summed E-state index contributed by atoms with van der Waals surface area (Å²) in [6.07, 6.45) is 3.35. The third-order valence-electron chi connectivity index (χ3n) is 5.30. The first-order valence-corrected chi connectivity index (χ1v) is 10.1. The maximum atomic E-state index is 14.8. The van der Waals surface area contributed by atoms with E-state index in [0.29, 0.717) is 28.5 Å². The molecule has 0 aliphatic rings. The van der Waals surface area contributed by atoms with Gasteiger partial charge in [0.05, 0.1) is 23.2 Å². The molecule has 0 saturated heterocycles. The number of rotatable bonds is 4. The van der Waals surface area contributed by atoms with Gasteiger partial charge in [-0.25, -0.2) is 23.7 Å². The van der Waals surface area contributed by atoms with E-state index in [9.17, 15) is 8.78 Å². The molecule has 0 bridgehead atoms. The molecule has 5 aromatic rings. The molecule has 34 heavy (non-hydrogen) atoms. The maximum Gasteiger partial charge on any atom is 0.158 e. The molecule has 2 aromatic carbocycles. The van der Waals surface area contributed by atoms with E-state index in [1.807, 2.05) is 31.5 Å². The minimum Gasteiger partial charge on any atom is -0.338 e. The van der Waals surface area contributed by atoms with E-state index >= 15 is 0 Å². The second-order valence-corrected chi connectivity index (χ2v) is 7.69. The lowest BCUT2D eigenvalue weighted by Gasteiger charge is -2.10. The van der Waals surface area contributed by atoms with Crippen molar-refractivity contribution in [1.82, 2.24) is 24.1 Å². The van der Waals surface area contributed by atoms with Crippen LogP contribution in [0.5, 0.6) is 0 Å². The molecule has 6 nitrogen and oxygen atoms in total. The van der Waals surface area contributed by atoms with Gasteiger partial charge in [-0.3, -0.25) is 0 Å². The van der Waals surface area contributed by atoms with E-state index in [2.05, 4.69) is 15.3 Å². The number of nitrogens with zero attached hydrogens (tertiary/aromatic N) is 5. The van der Waals surface area contributed by atoms with Gasteiger partial charge in [0.2, 0.25) is 0 Å². The Balaban J connectivity index is 0.00000162. The summed E-state index contributed by atoms with van der Waals surface area (Å²) in [7, 11) is 1.90. The lowest BCUT2D eigenvalue weighted by molar-refractivity contribution is 0.618. The number of imidazole rings is 2. The van der Waals surface area contributed by atoms with Crippen LogP contribution < -0.4 is 5.32 Å². The highest BCUT2D eigenvalue weighted by Gasteiger charge is 2.16. The van der Waals surface area contributed by atoms with E-state index in [1.54, 1.807) is 41.4 Å². The smallest absolute Gasteiger partial charge is 0.158 e. The molecule has 3 heterocycles. The summed E-state index contributed by atoms with van der Waals surface area (Å²) in [6.45, 7) is 3.74. The number of halogens is 4. The Hall–Kier alpha value is -3.49. The van der Waals surface area contributed by atoms with Gasteiger partial charge in [0.1, 0.15) is 23.0 Å². The molecule has 0 spiro atoms. The van der Waals surface area contributed by atoms with Crippen LogP contribution in [0, 0.1) is 25.5 Å². The summed E-state index contributed by atoms with van der Waals surface area (Å²) in [6, 6.07) is 13.0. The number of aryl methyl sites for hydroxylation is 3. The van der Waals surface area contributed by atoms with Crippen molar-refractivity contribution >= 4 is 47.4 Å². The summed E-state index contributed by atoms with van der Waals surface area (Å²) < 4.78 is 31.7. The van der Waals surface area contributed by atoms with E-state index in [4.69, 9.17) is 4.98 Å². The predicted molar refractivity (Wildman–Crippen MR) is 135 cm³/mol. The highest BCUT2D eigenvalue weighted by atomic mass is 35.5. The first-order valence-electron chi connectivity index (χ1n) is 10.1. The standard InChI is InChI=1S/C24H20F2N6.2ClH/c1-14-10-21-22(30-24(31(21)3)16-4-6-17(25)7-5-16)23(28-14)29-18-8-9-20(19(26)11-18)32-12-15(2)27-13-32;;/h4-13H,1-3H3,(H,28,29);2*1H. The highest BCUT2D eigenvalue weighted by Crippen LogP contribution is 2.30. The number of aromatic nitrogens is 5. The predicted octanol–water partition coefficient (Wildman–Crippen LogP) is 6.30. The lowest BCUT2D eigenvalue weighted by atomic mass is 10.2. The second kappa shape index (κ2) is 9.79. The van der Waals surface area contributed by atoms with Crippen LogP contribution >= 0.6 is 24.8 Å². The fourth-order valence-corrected chi connectivity index (χ4v) is 3.74. The summed E-state index contributed by atoms with van der Waals surface area (Å²) in [5, 5.41) is 3.20. The van der Waals surface area contributed by atoms with Gasteiger partial charge in [0.25, 0.3) is 0 Å². The van der Waals surface area contributed by atoms with Gasteiger partial charge in [-0.05, 0) is 62.4 Å². The molecule has 0 amide bonds. The van der Waals surface area contributed by atoms with Crippen LogP contribution in [-0.2, 0) is 7.05 Å². The van der Waals surface area contributed by atoms with Crippen LogP contribution in [0.1, 0.15) is 11.4 Å². The minimum absolute atomic E-state index is 0. The summed E-state index contributed by atoms with van der Waals surface area (Å²) in [5.74, 6) is 0.523. The SMILES string of the molecule is Cc1cn(-c2ccc(Nc3nc(C)cc4c3nc(-c3ccc(F)cc3)n4C)cc2F)cn1.Cl.Cl. The minimum atomic E-state index is -0.385. The molecule has 0 aliphatic heterocycles. The number of benzene rings is 2. The molecule has 0 fully saturated rings. The van der Waals surface area contributed by atoms with Crippen LogP contribution in [0.4, 0.5) is 20.3 Å². The van der Waals surface area contributed by atoms with Gasteiger partial charge in [0.15, 0.2) is 5.82 Å². The molecule has 1 N–H and O–H groups in total. The van der Waals surface area contributed by atoms with Crippen LogP contribution in [0.3, 0.4) is 0 Å². The fourth-order valence-electron chi connectivity index (χ4n) is 3.74. The van der Waals surface area contributed by atoms with Gasteiger partial charge < -0.3 is 14.5 Å². The van der Waals surface area contributed by atoms with Gasteiger partial charge in [-0.1, -0.05) is 0 Å². The normalized spacial score (nSPS) is 10.6. The zero-order valence-electron chi connectivity index (χ0n) is 18.6. The Labute approximate surface area is 207 Å². The lowest BCUT2D eigenvalue weighted by Crippen LogP contribution is -2.00. The second-order valence-electron chi connectivity index (χ2n) is 7.69. The Morgan fingerprint density at radius 1 is 0.882 bits per heavy atom. The largest absolute Gasteiger partial charge is 0.338 e. The zero-order chi connectivity index (χ0) is 22.4. The molecule has 5 rings (SSSR count). The quantitative estimate of drug-likeness (QED) is 0.313. The average Bonchev–Trinajstić information content (AvgIpc) is 3.33. The molecule has 0 radical (unpaired) electrons. The first-order chi connectivity index (χ1) is 15.4. The van der Waals surface area contributed by atoms with Crippen LogP contribution in [0.25, 0.3) is 28.1 Å². The topological polar surface area (TPSA) is 60.6 Å². The van der Waals surface area contributed by atoms with Crippen molar-refractivity contribution in [2.75, 3.05) is 5.32 Å². The van der Waals surface area contributed by atoms with Crippen molar-refractivity contribution in [2.24, 2.45) is 7.05 Å². The zero-order valence-corrected chi connectivity index (χ0v) is 20.2. The van der Waals surface area contributed by atoms with Gasteiger partial charge >= 0.3 is 0 Å². The Kier molecular flexibility index (Phi) is 7.24. The Morgan fingerprint density at radius 2 is 1.62 bits per heavy atom. The summed E-state index contributed by atoms with van der Waals surface area (Å²) >= 11 is 0. The van der Waals surface area contributed by atoms with Gasteiger partial charge in [-0.2, -0.15) is 0 Å². The Morgan fingerprint density at radius 3 is 2.26 bits per heavy atom. The third kappa shape index (κ3) is 4.60. The molecule has 0 saturated carbocycles. The molecular formula is C24H22Cl2F2N6. The molecular weight excluding hydrogens is 481 g/mol. The molecule has 10 heteroatoms. The number of hydrogen-bond donors (Lipinski definition) is 1. The van der Waals surface area contributed by atoms with Crippen molar-refractivity contribution in [3.05, 3.63) is 84.1 Å². The maximum absolute atomic E-state index is 14.8. The van der Waals surface area contributed by atoms with Crippen molar-refractivity contribution in [3.63, 3.8) is 0 Å². The monoisotopic (exact) mass is 502 g/mol. The summed E-state index contributed by atoms with van der Waals surface area (Å²) in [4.78, 5) is 13.5. The first kappa shape index (κ1) is 25.1.